The fourth-order valence-electron chi connectivity index (χ4n) is 9.97. The Balaban J connectivity index is 1.30. The van der Waals surface area contributed by atoms with Gasteiger partial charge < -0.3 is 24.6 Å². The van der Waals surface area contributed by atoms with E-state index in [0.717, 1.165) is 32.1 Å². The minimum absolute atomic E-state index is 0.196. The maximum atomic E-state index is 11.8. The normalized spacial score (nSPS) is 44.8. The van der Waals surface area contributed by atoms with Crippen molar-refractivity contribution in [2.75, 3.05) is 6.61 Å². The van der Waals surface area contributed by atoms with Crippen LogP contribution in [0.2, 0.25) is 0 Å². The van der Waals surface area contributed by atoms with Crippen LogP contribution in [-0.4, -0.2) is 45.3 Å². The minimum Gasteiger partial charge on any atom is -0.488 e. The lowest BCUT2D eigenvalue weighted by molar-refractivity contribution is -0.203. The highest BCUT2D eigenvalue weighted by atomic mass is 16.5. The number of aliphatic hydroxyl groups excluding tert-OH is 2. The minimum atomic E-state index is -1.17. The molecule has 0 spiro atoms. The van der Waals surface area contributed by atoms with Gasteiger partial charge in [-0.2, -0.15) is 0 Å². The van der Waals surface area contributed by atoms with Gasteiger partial charge in [0.2, 0.25) is 0 Å². The maximum absolute atomic E-state index is 11.8. The van der Waals surface area contributed by atoms with Gasteiger partial charge in [-0.05, 0) is 104 Å². The van der Waals surface area contributed by atoms with E-state index in [1.54, 1.807) is 0 Å². The van der Waals surface area contributed by atoms with Crippen molar-refractivity contribution in [3.05, 3.63) is 12.0 Å². The molecule has 11 atom stereocenters. The molecule has 4 aliphatic carbocycles. The molecule has 1 unspecified atom stereocenters. The molecule has 5 rings (SSSR count). The number of hydrogen-bond donors (Lipinski definition) is 3. The number of nitrogens with zero attached hydrogens (tertiary/aromatic N) is 1. The fourth-order valence-corrected chi connectivity index (χ4v) is 9.97. The van der Waals surface area contributed by atoms with E-state index in [-0.39, 0.29) is 40.5 Å². The number of fused-ring (bicyclic) bond motifs is 5. The number of carboxylic acids is 1. The molecule has 0 saturated heterocycles. The smallest absolute Gasteiger partial charge is 0.378 e. The Morgan fingerprint density at radius 1 is 1.14 bits per heavy atom. The number of carboxylic acid groups (broad SMARTS) is 1. The first-order valence-electron chi connectivity index (χ1n) is 14.3. The summed E-state index contributed by atoms with van der Waals surface area (Å²) in [6.45, 7) is 9.95. The van der Waals surface area contributed by atoms with Crippen molar-refractivity contribution in [3.8, 4) is 5.75 Å². The molecule has 4 fully saturated rings. The molecule has 4 saturated carbocycles. The molecule has 0 aliphatic heterocycles. The van der Waals surface area contributed by atoms with Crippen LogP contribution in [0.5, 0.6) is 5.75 Å². The summed E-state index contributed by atoms with van der Waals surface area (Å²) in [5, 5.41) is 35.1. The van der Waals surface area contributed by atoms with Crippen LogP contribution in [0.1, 0.15) is 96.0 Å². The lowest BCUT2D eigenvalue weighted by atomic mass is 9.41. The van der Waals surface area contributed by atoms with E-state index in [2.05, 4.69) is 32.9 Å². The van der Waals surface area contributed by atoms with E-state index in [1.165, 1.54) is 31.9 Å². The second-order valence-electron chi connectivity index (χ2n) is 13.1. The summed E-state index contributed by atoms with van der Waals surface area (Å²) in [7, 11) is 0. The number of aliphatic hydroxyl groups is 2. The summed E-state index contributed by atoms with van der Waals surface area (Å²) in [4.78, 5) is 11.3. The van der Waals surface area contributed by atoms with Gasteiger partial charge in [0.05, 0.1) is 18.8 Å². The number of ether oxygens (including phenoxy) is 1. The van der Waals surface area contributed by atoms with Gasteiger partial charge in [-0.1, -0.05) is 39.3 Å². The van der Waals surface area contributed by atoms with Crippen molar-refractivity contribution in [2.45, 2.75) is 97.7 Å². The molecular formula is C29H45NO6. The Hall–Kier alpha value is -1.60. The summed E-state index contributed by atoms with van der Waals surface area (Å²) in [5.41, 5.74) is 0.434. The van der Waals surface area contributed by atoms with Crippen LogP contribution in [0, 0.1) is 52.3 Å². The lowest BCUT2D eigenvalue weighted by Gasteiger charge is -2.64. The van der Waals surface area contributed by atoms with Crippen LogP contribution in [-0.2, 0) is 0 Å². The number of aromatic carboxylic acids is 1. The van der Waals surface area contributed by atoms with Crippen LogP contribution in [0.3, 0.4) is 0 Å². The molecule has 1 heterocycles. The van der Waals surface area contributed by atoms with Gasteiger partial charge in [0.1, 0.15) is 6.20 Å². The summed E-state index contributed by atoms with van der Waals surface area (Å²) in [6, 6.07) is 0. The standard InChI is InChI=1S/C29H45NO6/c1-5-18-22-14-17(31)8-11-29(22,4)21-9-12-28(3)19(6-7-20(28)24(21)25(18)32)16(2)10-13-35-23-15-30-36-26(23)27(33)34/h15-22,24-25,31-32H,5-14H2,1-4H3,(H,33,34)/t16-,17-,18-,19-,20+,21+,22+,24?,25-,28-,29-/m1/s1. The predicted molar refractivity (Wildman–Crippen MR) is 135 cm³/mol. The number of hydrogen-bond acceptors (Lipinski definition) is 6. The Kier molecular flexibility index (Phi) is 6.95. The molecule has 202 valence electrons. The highest BCUT2D eigenvalue weighted by Gasteiger charge is 2.64. The van der Waals surface area contributed by atoms with Crippen LogP contribution < -0.4 is 4.74 Å². The Morgan fingerprint density at radius 2 is 1.86 bits per heavy atom. The summed E-state index contributed by atoms with van der Waals surface area (Å²) in [5.74, 6) is 1.95. The van der Waals surface area contributed by atoms with Crippen LogP contribution in [0.15, 0.2) is 10.7 Å². The van der Waals surface area contributed by atoms with Crippen molar-refractivity contribution in [1.29, 1.82) is 0 Å². The average Bonchev–Trinajstić information content (AvgIpc) is 3.44. The van der Waals surface area contributed by atoms with E-state index >= 15 is 0 Å². The molecule has 1 aromatic heterocycles. The van der Waals surface area contributed by atoms with Crippen LogP contribution >= 0.6 is 0 Å². The molecule has 0 aromatic carbocycles. The molecule has 7 nitrogen and oxygen atoms in total. The van der Waals surface area contributed by atoms with E-state index in [9.17, 15) is 20.1 Å². The topological polar surface area (TPSA) is 113 Å². The third-order valence-corrected chi connectivity index (χ3v) is 11.7. The first kappa shape index (κ1) is 26.0. The Labute approximate surface area is 215 Å². The van der Waals surface area contributed by atoms with E-state index < -0.39 is 5.97 Å². The molecule has 0 radical (unpaired) electrons. The Bertz CT molecular complexity index is 948. The Morgan fingerprint density at radius 3 is 2.58 bits per heavy atom. The summed E-state index contributed by atoms with van der Waals surface area (Å²) >= 11 is 0. The van der Waals surface area contributed by atoms with Crippen molar-refractivity contribution >= 4 is 5.97 Å². The molecule has 0 amide bonds. The number of rotatable bonds is 7. The molecule has 36 heavy (non-hydrogen) atoms. The molecule has 0 bridgehead atoms. The van der Waals surface area contributed by atoms with Gasteiger partial charge in [0.15, 0.2) is 5.75 Å². The van der Waals surface area contributed by atoms with Crippen molar-refractivity contribution in [3.63, 3.8) is 0 Å². The SMILES string of the molecule is CC[C@H]1[C@@H](O)C2[C@@H]3CC[C@H]([C@H](C)CCOc4cnoc4C(=O)O)[C@@]3(C)CC[C@@H]2[C@@]2(C)CC[C@@H](O)C[C@@H]12. The number of carbonyl (C=O) groups is 1. The van der Waals surface area contributed by atoms with E-state index in [4.69, 9.17) is 9.26 Å². The molecule has 3 N–H and O–H groups in total. The van der Waals surface area contributed by atoms with Crippen molar-refractivity contribution in [1.82, 2.24) is 5.16 Å². The first-order valence-corrected chi connectivity index (χ1v) is 14.3. The quantitative estimate of drug-likeness (QED) is 0.456. The van der Waals surface area contributed by atoms with Crippen LogP contribution in [0.4, 0.5) is 0 Å². The highest BCUT2D eigenvalue weighted by molar-refractivity contribution is 5.87. The largest absolute Gasteiger partial charge is 0.488 e. The van der Waals surface area contributed by atoms with E-state index in [0.29, 0.717) is 42.1 Å². The molecule has 1 aromatic rings. The summed E-state index contributed by atoms with van der Waals surface area (Å²) in [6.07, 6.45) is 10.3. The maximum Gasteiger partial charge on any atom is 0.378 e. The van der Waals surface area contributed by atoms with Crippen molar-refractivity contribution < 1.29 is 29.4 Å². The van der Waals surface area contributed by atoms with Gasteiger partial charge >= 0.3 is 5.97 Å². The average molecular weight is 504 g/mol. The zero-order valence-electron chi connectivity index (χ0n) is 22.4. The number of aromatic nitrogens is 1. The molecule has 4 aliphatic rings. The van der Waals surface area contributed by atoms with E-state index in [1.807, 2.05) is 0 Å². The second kappa shape index (κ2) is 9.61. The highest BCUT2D eigenvalue weighted by Crippen LogP contribution is 2.69. The van der Waals surface area contributed by atoms with Gasteiger partial charge in [0, 0.05) is 0 Å². The predicted octanol–water partition coefficient (Wildman–Crippen LogP) is 5.40. The third-order valence-electron chi connectivity index (χ3n) is 11.7. The monoisotopic (exact) mass is 503 g/mol. The molecular weight excluding hydrogens is 458 g/mol. The third kappa shape index (κ3) is 4.00. The molecule has 7 heteroatoms. The lowest BCUT2D eigenvalue weighted by Crippen LogP contribution is -2.62. The van der Waals surface area contributed by atoms with Gasteiger partial charge in [-0.3, -0.25) is 0 Å². The first-order chi connectivity index (χ1) is 17.1. The van der Waals surface area contributed by atoms with Gasteiger partial charge in [-0.15, -0.1) is 0 Å². The zero-order valence-corrected chi connectivity index (χ0v) is 22.4. The zero-order chi connectivity index (χ0) is 25.8. The van der Waals surface area contributed by atoms with Gasteiger partial charge in [0.25, 0.3) is 5.76 Å². The summed E-state index contributed by atoms with van der Waals surface area (Å²) < 4.78 is 10.5. The van der Waals surface area contributed by atoms with Gasteiger partial charge in [-0.25, -0.2) is 4.79 Å². The van der Waals surface area contributed by atoms with Crippen molar-refractivity contribution in [2.24, 2.45) is 52.3 Å². The second-order valence-corrected chi connectivity index (χ2v) is 13.1. The fraction of sp³-hybridized carbons (Fsp3) is 0.862. The van der Waals surface area contributed by atoms with Crippen LogP contribution in [0.25, 0.3) is 0 Å².